The van der Waals surface area contributed by atoms with Gasteiger partial charge in [0, 0.05) is 17.6 Å². The standard InChI is InChI=1S/C17H24BrNO3/c1-12-11-13(18)5-6-14(12)17(21)7-9-19(10-8-17)15(20)22-16(2,3)4/h5-6,11,21H,7-10H2,1-4H3. The predicted molar refractivity (Wildman–Crippen MR) is 89.8 cm³/mol. The summed E-state index contributed by atoms with van der Waals surface area (Å²) in [5.41, 5.74) is 0.637. The van der Waals surface area contributed by atoms with Crippen molar-refractivity contribution in [2.24, 2.45) is 0 Å². The second-order valence-corrected chi connectivity index (χ2v) is 7.87. The maximum Gasteiger partial charge on any atom is 0.410 e. The number of aryl methyl sites for hydroxylation is 1. The number of carbonyl (C=O) groups excluding carboxylic acids is 1. The van der Waals surface area contributed by atoms with Gasteiger partial charge in [-0.1, -0.05) is 22.0 Å². The van der Waals surface area contributed by atoms with Crippen LogP contribution in [-0.4, -0.2) is 34.8 Å². The Morgan fingerprint density at radius 1 is 1.32 bits per heavy atom. The van der Waals surface area contributed by atoms with E-state index in [4.69, 9.17) is 4.74 Å². The summed E-state index contributed by atoms with van der Waals surface area (Å²) in [6, 6.07) is 5.91. The molecule has 0 unspecified atom stereocenters. The van der Waals surface area contributed by atoms with Gasteiger partial charge in [0.2, 0.25) is 0 Å². The second kappa shape index (κ2) is 6.20. The fourth-order valence-corrected chi connectivity index (χ4v) is 3.28. The molecule has 0 bridgehead atoms. The first kappa shape index (κ1) is 17.3. The molecule has 1 amide bonds. The Kier molecular flexibility index (Phi) is 4.87. The van der Waals surface area contributed by atoms with Crippen molar-refractivity contribution >= 4 is 22.0 Å². The van der Waals surface area contributed by atoms with Crippen LogP contribution in [0.25, 0.3) is 0 Å². The summed E-state index contributed by atoms with van der Waals surface area (Å²) in [6.45, 7) is 8.57. The number of hydrogen-bond donors (Lipinski definition) is 1. The van der Waals surface area contributed by atoms with Gasteiger partial charge in [0.15, 0.2) is 0 Å². The highest BCUT2D eigenvalue weighted by Gasteiger charge is 2.37. The molecule has 0 aliphatic carbocycles. The number of amides is 1. The van der Waals surface area contributed by atoms with Crippen molar-refractivity contribution in [3.8, 4) is 0 Å². The molecule has 1 aromatic carbocycles. The lowest BCUT2D eigenvalue weighted by Gasteiger charge is -2.39. The summed E-state index contributed by atoms with van der Waals surface area (Å²) in [5.74, 6) is 0. The lowest BCUT2D eigenvalue weighted by molar-refractivity contribution is -0.0359. The van der Waals surface area contributed by atoms with E-state index in [9.17, 15) is 9.90 Å². The number of aliphatic hydroxyl groups is 1. The van der Waals surface area contributed by atoms with E-state index in [0.29, 0.717) is 25.9 Å². The molecule has 122 valence electrons. The summed E-state index contributed by atoms with van der Waals surface area (Å²) < 4.78 is 6.39. The maximum atomic E-state index is 12.1. The third kappa shape index (κ3) is 4.02. The fourth-order valence-electron chi connectivity index (χ4n) is 2.80. The SMILES string of the molecule is Cc1cc(Br)ccc1C1(O)CCN(C(=O)OC(C)(C)C)CC1. The summed E-state index contributed by atoms with van der Waals surface area (Å²) in [5, 5.41) is 11.0. The van der Waals surface area contributed by atoms with Crippen LogP contribution in [0.3, 0.4) is 0 Å². The number of ether oxygens (including phenoxy) is 1. The van der Waals surface area contributed by atoms with Crippen LogP contribution in [0, 0.1) is 6.92 Å². The van der Waals surface area contributed by atoms with Crippen LogP contribution in [0.1, 0.15) is 44.7 Å². The summed E-state index contributed by atoms with van der Waals surface area (Å²) in [4.78, 5) is 13.8. The number of likely N-dealkylation sites (tertiary alicyclic amines) is 1. The van der Waals surface area contributed by atoms with E-state index in [1.807, 2.05) is 45.9 Å². The number of rotatable bonds is 1. The first-order valence-corrected chi connectivity index (χ1v) is 8.37. The molecule has 0 atom stereocenters. The molecule has 1 N–H and O–H groups in total. The average Bonchev–Trinajstić information content (AvgIpc) is 2.36. The van der Waals surface area contributed by atoms with E-state index < -0.39 is 11.2 Å². The van der Waals surface area contributed by atoms with Gasteiger partial charge in [-0.05, 0) is 63.8 Å². The smallest absolute Gasteiger partial charge is 0.410 e. The van der Waals surface area contributed by atoms with Crippen molar-refractivity contribution in [1.29, 1.82) is 0 Å². The lowest BCUT2D eigenvalue weighted by atomic mass is 9.82. The van der Waals surface area contributed by atoms with Crippen LogP contribution in [0.5, 0.6) is 0 Å². The van der Waals surface area contributed by atoms with E-state index in [-0.39, 0.29) is 6.09 Å². The highest BCUT2D eigenvalue weighted by Crippen LogP contribution is 2.35. The molecule has 0 radical (unpaired) electrons. The largest absolute Gasteiger partial charge is 0.444 e. The molecule has 5 heteroatoms. The monoisotopic (exact) mass is 369 g/mol. The Bertz CT molecular complexity index is 558. The van der Waals surface area contributed by atoms with Gasteiger partial charge in [-0.3, -0.25) is 0 Å². The molecular formula is C17H24BrNO3. The Hall–Kier alpha value is -1.07. The molecule has 2 rings (SSSR count). The van der Waals surface area contributed by atoms with E-state index in [1.165, 1.54) is 0 Å². The van der Waals surface area contributed by atoms with Gasteiger partial charge in [0.25, 0.3) is 0 Å². The first-order valence-electron chi connectivity index (χ1n) is 7.58. The van der Waals surface area contributed by atoms with Crippen molar-refractivity contribution in [2.75, 3.05) is 13.1 Å². The highest BCUT2D eigenvalue weighted by atomic mass is 79.9. The number of benzene rings is 1. The van der Waals surface area contributed by atoms with Gasteiger partial charge >= 0.3 is 6.09 Å². The fraction of sp³-hybridized carbons (Fsp3) is 0.588. The van der Waals surface area contributed by atoms with Crippen LogP contribution >= 0.6 is 15.9 Å². The van der Waals surface area contributed by atoms with Gasteiger partial charge in [0.05, 0.1) is 5.60 Å². The van der Waals surface area contributed by atoms with Gasteiger partial charge in [-0.25, -0.2) is 4.79 Å². The van der Waals surface area contributed by atoms with Crippen molar-refractivity contribution in [3.63, 3.8) is 0 Å². The van der Waals surface area contributed by atoms with E-state index in [1.54, 1.807) is 4.90 Å². The molecule has 0 spiro atoms. The quantitative estimate of drug-likeness (QED) is 0.814. The minimum Gasteiger partial charge on any atom is -0.444 e. The number of piperidine rings is 1. The molecule has 4 nitrogen and oxygen atoms in total. The molecule has 1 saturated heterocycles. The van der Waals surface area contributed by atoms with E-state index >= 15 is 0 Å². The average molecular weight is 370 g/mol. The van der Waals surface area contributed by atoms with Crippen LogP contribution in [-0.2, 0) is 10.3 Å². The minimum absolute atomic E-state index is 0.304. The van der Waals surface area contributed by atoms with Gasteiger partial charge < -0.3 is 14.7 Å². The summed E-state index contributed by atoms with van der Waals surface area (Å²) in [6.07, 6.45) is 0.741. The minimum atomic E-state index is -0.872. The van der Waals surface area contributed by atoms with E-state index in [0.717, 1.165) is 15.6 Å². The van der Waals surface area contributed by atoms with E-state index in [2.05, 4.69) is 15.9 Å². The Balaban J connectivity index is 2.06. The molecular weight excluding hydrogens is 346 g/mol. The summed E-state index contributed by atoms with van der Waals surface area (Å²) >= 11 is 3.44. The van der Waals surface area contributed by atoms with Crippen molar-refractivity contribution in [3.05, 3.63) is 33.8 Å². The van der Waals surface area contributed by atoms with Crippen molar-refractivity contribution in [1.82, 2.24) is 4.90 Å². The third-order valence-electron chi connectivity index (χ3n) is 3.93. The number of carbonyl (C=O) groups is 1. The Labute approximate surface area is 140 Å². The molecule has 0 saturated carbocycles. The predicted octanol–water partition coefficient (Wildman–Crippen LogP) is 3.98. The van der Waals surface area contributed by atoms with Crippen LogP contribution in [0.15, 0.2) is 22.7 Å². The molecule has 1 aliphatic rings. The number of nitrogens with zero attached hydrogens (tertiary/aromatic N) is 1. The van der Waals surface area contributed by atoms with Crippen LogP contribution in [0.2, 0.25) is 0 Å². The molecule has 1 aromatic rings. The summed E-state index contributed by atoms with van der Waals surface area (Å²) in [7, 11) is 0. The zero-order valence-corrected chi connectivity index (χ0v) is 15.2. The van der Waals surface area contributed by atoms with Gasteiger partial charge in [-0.15, -0.1) is 0 Å². The third-order valence-corrected chi connectivity index (χ3v) is 4.43. The van der Waals surface area contributed by atoms with Crippen LogP contribution < -0.4 is 0 Å². The zero-order chi connectivity index (χ0) is 16.5. The van der Waals surface area contributed by atoms with Gasteiger partial charge in [0.1, 0.15) is 5.60 Å². The Morgan fingerprint density at radius 2 is 1.91 bits per heavy atom. The number of hydrogen-bond acceptors (Lipinski definition) is 3. The maximum absolute atomic E-state index is 12.1. The normalized spacial score (nSPS) is 18.2. The highest BCUT2D eigenvalue weighted by molar-refractivity contribution is 9.10. The van der Waals surface area contributed by atoms with Crippen LogP contribution in [0.4, 0.5) is 4.79 Å². The molecule has 22 heavy (non-hydrogen) atoms. The lowest BCUT2D eigenvalue weighted by Crippen LogP contribution is -2.47. The molecule has 1 fully saturated rings. The second-order valence-electron chi connectivity index (χ2n) is 6.96. The molecule has 1 aliphatic heterocycles. The molecule has 0 aromatic heterocycles. The van der Waals surface area contributed by atoms with Gasteiger partial charge in [-0.2, -0.15) is 0 Å². The molecule has 1 heterocycles. The zero-order valence-electron chi connectivity index (χ0n) is 13.6. The topological polar surface area (TPSA) is 49.8 Å². The van der Waals surface area contributed by atoms with Crippen molar-refractivity contribution in [2.45, 2.75) is 51.7 Å². The van der Waals surface area contributed by atoms with Crippen molar-refractivity contribution < 1.29 is 14.6 Å². The first-order chi connectivity index (χ1) is 10.1. The number of halogens is 1. The Morgan fingerprint density at radius 3 is 2.41 bits per heavy atom.